The average molecular weight is 264 g/mol. The number of hydrogen-bond donors (Lipinski definition) is 1. The zero-order valence-electron chi connectivity index (χ0n) is 9.40. The van der Waals surface area contributed by atoms with Gasteiger partial charge in [0.15, 0.2) is 6.10 Å². The topological polar surface area (TPSA) is 55.8 Å². The minimum absolute atomic E-state index is 0.00906. The Balaban J connectivity index is 3.05. The van der Waals surface area contributed by atoms with E-state index in [-0.39, 0.29) is 11.3 Å². The van der Waals surface area contributed by atoms with Crippen molar-refractivity contribution in [2.75, 3.05) is 13.7 Å². The van der Waals surface area contributed by atoms with Crippen LogP contribution < -0.4 is 4.74 Å². The number of ether oxygens (including phenoxy) is 2. The Morgan fingerprint density at radius 1 is 1.39 bits per heavy atom. The predicted molar refractivity (Wildman–Crippen MR) is 55.4 cm³/mol. The lowest BCUT2D eigenvalue weighted by molar-refractivity contribution is -0.225. The second-order valence-electron chi connectivity index (χ2n) is 3.37. The highest BCUT2D eigenvalue weighted by Crippen LogP contribution is 2.39. The smallest absolute Gasteiger partial charge is 0.419 e. The first-order valence-corrected chi connectivity index (χ1v) is 4.89. The van der Waals surface area contributed by atoms with Crippen LogP contribution in [0.25, 0.3) is 0 Å². The molecular weight excluding hydrogens is 253 g/mol. The average Bonchev–Trinajstić information content (AvgIpc) is 2.27. The lowest BCUT2D eigenvalue weighted by Crippen LogP contribution is -2.26. The van der Waals surface area contributed by atoms with E-state index in [0.717, 1.165) is 0 Å². The predicted octanol–water partition coefficient (Wildman–Crippen LogP) is 2.40. The first-order valence-electron chi connectivity index (χ1n) is 4.89. The number of para-hydroxylation sites is 1. The number of benzene rings is 1. The van der Waals surface area contributed by atoms with E-state index >= 15 is 0 Å². The summed E-state index contributed by atoms with van der Waals surface area (Å²) in [6.07, 6.45) is -7.05. The maximum atomic E-state index is 12.8. The van der Waals surface area contributed by atoms with Gasteiger partial charge in [0.2, 0.25) is 0 Å². The summed E-state index contributed by atoms with van der Waals surface area (Å²) < 4.78 is 47.6. The summed E-state index contributed by atoms with van der Waals surface area (Å²) in [6.45, 7) is -1.04. The SMILES string of the molecule is COc1ccccc1[C@@H](OCC(=O)O)C(F)(F)F. The van der Waals surface area contributed by atoms with Gasteiger partial charge in [-0.15, -0.1) is 0 Å². The van der Waals surface area contributed by atoms with Crippen LogP contribution in [0.3, 0.4) is 0 Å². The van der Waals surface area contributed by atoms with Crippen molar-refractivity contribution in [3.63, 3.8) is 0 Å². The quantitative estimate of drug-likeness (QED) is 0.887. The molecule has 0 aliphatic carbocycles. The Morgan fingerprint density at radius 2 is 2.00 bits per heavy atom. The minimum Gasteiger partial charge on any atom is -0.496 e. The van der Waals surface area contributed by atoms with Crippen molar-refractivity contribution in [1.29, 1.82) is 0 Å². The van der Waals surface area contributed by atoms with Crippen molar-refractivity contribution in [3.8, 4) is 5.75 Å². The Bertz CT molecular complexity index is 417. The number of hydrogen-bond acceptors (Lipinski definition) is 3. The van der Waals surface area contributed by atoms with Crippen molar-refractivity contribution in [3.05, 3.63) is 29.8 Å². The van der Waals surface area contributed by atoms with E-state index in [9.17, 15) is 18.0 Å². The molecule has 1 aromatic carbocycles. The molecule has 0 radical (unpaired) electrons. The highest BCUT2D eigenvalue weighted by Gasteiger charge is 2.43. The highest BCUT2D eigenvalue weighted by atomic mass is 19.4. The van der Waals surface area contributed by atoms with Crippen molar-refractivity contribution >= 4 is 5.97 Å². The van der Waals surface area contributed by atoms with Crippen LogP contribution in [0.5, 0.6) is 5.75 Å². The second kappa shape index (κ2) is 5.72. The molecule has 0 amide bonds. The Morgan fingerprint density at radius 3 is 2.50 bits per heavy atom. The molecule has 1 atom stereocenters. The van der Waals surface area contributed by atoms with Crippen molar-refractivity contribution in [2.24, 2.45) is 0 Å². The van der Waals surface area contributed by atoms with Gasteiger partial charge in [-0.3, -0.25) is 0 Å². The van der Waals surface area contributed by atoms with Crippen LogP contribution in [0, 0.1) is 0 Å². The van der Waals surface area contributed by atoms with Gasteiger partial charge in [0, 0.05) is 5.56 Å². The first-order chi connectivity index (χ1) is 8.36. The molecule has 1 aromatic rings. The summed E-state index contributed by atoms with van der Waals surface area (Å²) in [7, 11) is 1.23. The molecule has 100 valence electrons. The molecule has 0 heterocycles. The van der Waals surface area contributed by atoms with Crippen LogP contribution in [0.4, 0.5) is 13.2 Å². The van der Waals surface area contributed by atoms with Crippen LogP contribution >= 0.6 is 0 Å². The van der Waals surface area contributed by atoms with E-state index < -0.39 is 24.9 Å². The Kier molecular flexibility index (Phi) is 4.55. The molecule has 1 N–H and O–H groups in total. The zero-order valence-corrected chi connectivity index (χ0v) is 9.40. The molecule has 1 rings (SSSR count). The maximum absolute atomic E-state index is 12.8. The lowest BCUT2D eigenvalue weighted by atomic mass is 10.1. The van der Waals surface area contributed by atoms with Gasteiger partial charge in [0.25, 0.3) is 0 Å². The number of aliphatic carboxylic acids is 1. The largest absolute Gasteiger partial charge is 0.496 e. The minimum atomic E-state index is -4.72. The van der Waals surface area contributed by atoms with Gasteiger partial charge >= 0.3 is 12.1 Å². The molecule has 0 spiro atoms. The van der Waals surface area contributed by atoms with Gasteiger partial charge in [-0.2, -0.15) is 13.2 Å². The third-order valence-electron chi connectivity index (χ3n) is 2.09. The van der Waals surface area contributed by atoms with Crippen LogP contribution in [-0.2, 0) is 9.53 Å². The van der Waals surface area contributed by atoms with Crippen LogP contribution in [0.2, 0.25) is 0 Å². The summed E-state index contributed by atoms with van der Waals surface area (Å²) in [5.41, 5.74) is -0.256. The summed E-state index contributed by atoms with van der Waals surface area (Å²) in [5, 5.41) is 8.38. The van der Waals surface area contributed by atoms with Gasteiger partial charge in [0.1, 0.15) is 12.4 Å². The Labute approximate surface area is 101 Å². The van der Waals surface area contributed by atoms with E-state index in [0.29, 0.717) is 0 Å². The van der Waals surface area contributed by atoms with E-state index in [1.165, 1.54) is 31.4 Å². The molecule has 0 unspecified atom stereocenters. The number of alkyl halides is 3. The summed E-state index contributed by atoms with van der Waals surface area (Å²) in [6, 6.07) is 5.42. The fourth-order valence-corrected chi connectivity index (χ4v) is 1.40. The molecule has 0 fully saturated rings. The van der Waals surface area contributed by atoms with Crippen LogP contribution in [0.15, 0.2) is 24.3 Å². The van der Waals surface area contributed by atoms with E-state index in [1.807, 2.05) is 0 Å². The zero-order chi connectivity index (χ0) is 13.8. The second-order valence-corrected chi connectivity index (χ2v) is 3.37. The molecule has 0 saturated heterocycles. The third kappa shape index (κ3) is 3.63. The normalized spacial score (nSPS) is 13.1. The highest BCUT2D eigenvalue weighted by molar-refractivity contribution is 5.68. The maximum Gasteiger partial charge on any atom is 0.419 e. The summed E-state index contributed by atoms with van der Waals surface area (Å²) in [5.74, 6) is -1.48. The molecular formula is C11H11F3O4. The number of rotatable bonds is 5. The van der Waals surface area contributed by atoms with Crippen LogP contribution in [-0.4, -0.2) is 31.0 Å². The van der Waals surface area contributed by atoms with Crippen molar-refractivity contribution < 1.29 is 32.5 Å². The fourth-order valence-electron chi connectivity index (χ4n) is 1.40. The number of carboxylic acids is 1. The van der Waals surface area contributed by atoms with E-state index in [1.54, 1.807) is 0 Å². The molecule has 7 heteroatoms. The standard InChI is InChI=1S/C11H11F3O4/c1-17-8-5-3-2-4-7(8)10(11(12,13)14)18-6-9(15)16/h2-5,10H,6H2,1H3,(H,15,16)/t10-/m1/s1. The van der Waals surface area contributed by atoms with Gasteiger partial charge < -0.3 is 14.6 Å². The summed E-state index contributed by atoms with van der Waals surface area (Å²) in [4.78, 5) is 10.3. The van der Waals surface area contributed by atoms with Crippen molar-refractivity contribution in [2.45, 2.75) is 12.3 Å². The Hall–Kier alpha value is -1.76. The number of carbonyl (C=O) groups is 1. The molecule has 0 bridgehead atoms. The molecule has 4 nitrogen and oxygen atoms in total. The molecule has 0 aliphatic heterocycles. The summed E-state index contributed by atoms with van der Waals surface area (Å²) >= 11 is 0. The van der Waals surface area contributed by atoms with E-state index in [4.69, 9.17) is 9.84 Å². The molecule has 0 aromatic heterocycles. The third-order valence-corrected chi connectivity index (χ3v) is 2.09. The fraction of sp³-hybridized carbons (Fsp3) is 0.364. The van der Waals surface area contributed by atoms with Gasteiger partial charge in [0.05, 0.1) is 7.11 Å². The first kappa shape index (κ1) is 14.3. The number of carboxylic acid groups (broad SMARTS) is 1. The lowest BCUT2D eigenvalue weighted by Gasteiger charge is -2.22. The van der Waals surface area contributed by atoms with Crippen LogP contribution in [0.1, 0.15) is 11.7 Å². The van der Waals surface area contributed by atoms with Gasteiger partial charge in [-0.05, 0) is 6.07 Å². The monoisotopic (exact) mass is 264 g/mol. The van der Waals surface area contributed by atoms with Gasteiger partial charge in [-0.1, -0.05) is 18.2 Å². The number of halogens is 3. The van der Waals surface area contributed by atoms with Gasteiger partial charge in [-0.25, -0.2) is 4.79 Å². The molecule has 18 heavy (non-hydrogen) atoms. The number of methoxy groups -OCH3 is 1. The molecule has 0 saturated carbocycles. The molecule has 0 aliphatic rings. The van der Waals surface area contributed by atoms with Crippen molar-refractivity contribution in [1.82, 2.24) is 0 Å². The van der Waals surface area contributed by atoms with E-state index in [2.05, 4.69) is 4.74 Å².